The van der Waals surface area contributed by atoms with Crippen molar-refractivity contribution in [1.82, 2.24) is 24.5 Å². The van der Waals surface area contributed by atoms with E-state index in [9.17, 15) is 18.0 Å². The van der Waals surface area contributed by atoms with Crippen LogP contribution in [0.25, 0.3) is 37.9 Å². The summed E-state index contributed by atoms with van der Waals surface area (Å²) in [5, 5.41) is 4.40. The van der Waals surface area contributed by atoms with E-state index < -0.39 is 11.9 Å². The van der Waals surface area contributed by atoms with Gasteiger partial charge >= 0.3 is 6.18 Å². The topological polar surface area (TPSA) is 85.6 Å². The lowest BCUT2D eigenvalue weighted by atomic mass is 9.98. The van der Waals surface area contributed by atoms with E-state index in [2.05, 4.69) is 25.3 Å². The first kappa shape index (κ1) is 24.7. The number of halogens is 3. The highest BCUT2D eigenvalue weighted by molar-refractivity contribution is 7.16. The van der Waals surface area contributed by atoms with Gasteiger partial charge in [-0.05, 0) is 42.1 Å². The molecule has 0 amide bonds. The number of hydrogen-bond donors (Lipinski definition) is 1. The zero-order chi connectivity index (χ0) is 27.1. The predicted octanol–water partition coefficient (Wildman–Crippen LogP) is 6.64. The van der Waals surface area contributed by atoms with Gasteiger partial charge in [0.05, 0.1) is 16.9 Å². The van der Waals surface area contributed by atoms with Crippen molar-refractivity contribution in [1.29, 1.82) is 0 Å². The lowest BCUT2D eigenvalue weighted by molar-refractivity contribution is -0.141. The van der Waals surface area contributed by atoms with Crippen molar-refractivity contribution in [3.63, 3.8) is 0 Å². The molecule has 1 N–H and O–H groups in total. The SMILES string of the molecule is C[C@H](Nc1ncnc2scnc12)c1cc2cccc(-c3ccc(C(F)(F)F)nc3)c2c(=O)n1-c1ccccc1. The first-order valence-electron chi connectivity index (χ1n) is 11.9. The lowest BCUT2D eigenvalue weighted by Gasteiger charge is -2.22. The number of nitrogens with one attached hydrogen (secondary N) is 1. The van der Waals surface area contributed by atoms with Crippen LogP contribution in [0.5, 0.6) is 0 Å². The Kier molecular flexibility index (Phi) is 6.07. The number of nitrogens with zero attached hydrogens (tertiary/aromatic N) is 5. The van der Waals surface area contributed by atoms with Crippen LogP contribution in [0.3, 0.4) is 0 Å². The molecule has 7 nitrogen and oxygen atoms in total. The van der Waals surface area contributed by atoms with Crippen molar-refractivity contribution in [3.8, 4) is 16.8 Å². The van der Waals surface area contributed by atoms with Crippen LogP contribution >= 0.6 is 11.3 Å². The van der Waals surface area contributed by atoms with E-state index in [1.807, 2.05) is 49.4 Å². The standard InChI is InChI=1S/C28H19F3N6OS/c1-16(36-25-24-26(34-14-33-25)39-15-35-24)21-12-17-6-5-9-20(18-10-11-22(32-13-18)28(29,30)31)23(17)27(38)37(21)19-7-3-2-4-8-19/h2-16H,1H3,(H,33,34,36)/t16-/m0/s1. The Bertz CT molecular complexity index is 1870. The minimum absolute atomic E-state index is 0.306. The highest BCUT2D eigenvalue weighted by Gasteiger charge is 2.32. The van der Waals surface area contributed by atoms with E-state index >= 15 is 0 Å². The molecule has 4 heterocycles. The summed E-state index contributed by atoms with van der Waals surface area (Å²) in [5.41, 5.74) is 3.27. The van der Waals surface area contributed by atoms with E-state index in [0.717, 1.165) is 17.1 Å². The number of alkyl halides is 3. The van der Waals surface area contributed by atoms with Crippen LogP contribution in [-0.4, -0.2) is 24.5 Å². The largest absolute Gasteiger partial charge is 0.433 e. The van der Waals surface area contributed by atoms with E-state index in [4.69, 9.17) is 0 Å². The molecule has 6 aromatic rings. The van der Waals surface area contributed by atoms with Crippen molar-refractivity contribution in [3.05, 3.63) is 107 Å². The van der Waals surface area contributed by atoms with Crippen molar-refractivity contribution in [2.75, 3.05) is 5.32 Å². The number of para-hydroxylation sites is 1. The Morgan fingerprint density at radius 2 is 1.77 bits per heavy atom. The summed E-state index contributed by atoms with van der Waals surface area (Å²) in [4.78, 5) is 31.5. The van der Waals surface area contributed by atoms with Gasteiger partial charge in [-0.15, -0.1) is 11.3 Å². The number of aromatic nitrogens is 5. The maximum absolute atomic E-state index is 14.2. The van der Waals surface area contributed by atoms with Crippen LogP contribution in [0.4, 0.5) is 19.0 Å². The highest BCUT2D eigenvalue weighted by Crippen LogP contribution is 2.33. The Labute approximate surface area is 223 Å². The second-order valence-electron chi connectivity index (χ2n) is 8.84. The van der Waals surface area contributed by atoms with E-state index in [0.29, 0.717) is 44.6 Å². The van der Waals surface area contributed by atoms with Gasteiger partial charge < -0.3 is 5.32 Å². The molecular formula is C28H19F3N6OS. The number of thiazole rings is 1. The van der Waals surface area contributed by atoms with Crippen LogP contribution in [-0.2, 0) is 6.18 Å². The molecule has 0 bridgehead atoms. The minimum atomic E-state index is -4.55. The first-order valence-corrected chi connectivity index (χ1v) is 12.8. The molecule has 194 valence electrons. The monoisotopic (exact) mass is 544 g/mol. The fourth-order valence-electron chi connectivity index (χ4n) is 4.58. The molecule has 0 aliphatic rings. The van der Waals surface area contributed by atoms with Gasteiger partial charge in [0.1, 0.15) is 22.4 Å². The summed E-state index contributed by atoms with van der Waals surface area (Å²) in [6.45, 7) is 1.92. The Balaban J connectivity index is 1.54. The first-order chi connectivity index (χ1) is 18.8. The van der Waals surface area contributed by atoms with Crippen LogP contribution in [0.1, 0.15) is 24.4 Å². The van der Waals surface area contributed by atoms with Crippen molar-refractivity contribution < 1.29 is 13.2 Å². The third kappa shape index (κ3) is 4.50. The Hall–Kier alpha value is -4.64. The van der Waals surface area contributed by atoms with Crippen molar-refractivity contribution in [2.45, 2.75) is 19.1 Å². The van der Waals surface area contributed by atoms with Crippen molar-refractivity contribution in [2.24, 2.45) is 0 Å². The molecule has 0 aliphatic carbocycles. The molecule has 0 radical (unpaired) electrons. The molecule has 0 aliphatic heterocycles. The summed E-state index contributed by atoms with van der Waals surface area (Å²) in [6.07, 6.45) is -1.94. The molecule has 11 heteroatoms. The fourth-order valence-corrected chi connectivity index (χ4v) is 5.21. The molecule has 0 unspecified atom stereocenters. The van der Waals surface area contributed by atoms with Gasteiger partial charge in [0.15, 0.2) is 5.82 Å². The normalized spacial score (nSPS) is 12.6. The summed E-state index contributed by atoms with van der Waals surface area (Å²) < 4.78 is 40.9. The predicted molar refractivity (Wildman–Crippen MR) is 145 cm³/mol. The summed E-state index contributed by atoms with van der Waals surface area (Å²) in [6, 6.07) is 18.3. The fraction of sp³-hybridized carbons (Fsp3) is 0.107. The van der Waals surface area contributed by atoms with Crippen LogP contribution in [0.2, 0.25) is 0 Å². The molecule has 0 saturated carbocycles. The molecule has 0 fully saturated rings. The van der Waals surface area contributed by atoms with Gasteiger partial charge in [0, 0.05) is 23.1 Å². The zero-order valence-corrected chi connectivity index (χ0v) is 21.2. The molecule has 4 aromatic heterocycles. The van der Waals surface area contributed by atoms with E-state index in [1.54, 1.807) is 22.2 Å². The molecular weight excluding hydrogens is 525 g/mol. The quantitative estimate of drug-likeness (QED) is 0.262. The molecule has 0 saturated heterocycles. The second-order valence-corrected chi connectivity index (χ2v) is 9.67. The molecule has 39 heavy (non-hydrogen) atoms. The average molecular weight is 545 g/mol. The smallest absolute Gasteiger partial charge is 0.360 e. The molecule has 6 rings (SSSR count). The second kappa shape index (κ2) is 9.59. The number of pyridine rings is 2. The Morgan fingerprint density at radius 3 is 2.51 bits per heavy atom. The number of benzene rings is 2. The average Bonchev–Trinajstić information content (AvgIpc) is 3.43. The van der Waals surface area contributed by atoms with Crippen LogP contribution in [0, 0.1) is 0 Å². The molecule has 0 spiro atoms. The van der Waals surface area contributed by atoms with Gasteiger partial charge in [0.25, 0.3) is 5.56 Å². The summed E-state index contributed by atoms with van der Waals surface area (Å²) in [7, 11) is 0. The highest BCUT2D eigenvalue weighted by atomic mass is 32.1. The maximum atomic E-state index is 14.2. The van der Waals surface area contributed by atoms with Crippen LogP contribution < -0.4 is 10.9 Å². The molecule has 1 atom stereocenters. The van der Waals surface area contributed by atoms with Gasteiger partial charge in [0.2, 0.25) is 0 Å². The third-order valence-corrected chi connectivity index (χ3v) is 7.12. The van der Waals surface area contributed by atoms with Gasteiger partial charge in [-0.1, -0.05) is 42.5 Å². The van der Waals surface area contributed by atoms with Crippen LogP contribution in [0.15, 0.2) is 89.6 Å². The maximum Gasteiger partial charge on any atom is 0.433 e. The zero-order valence-electron chi connectivity index (χ0n) is 20.3. The van der Waals surface area contributed by atoms with Gasteiger partial charge in [-0.3, -0.25) is 14.3 Å². The van der Waals surface area contributed by atoms with Gasteiger partial charge in [-0.25, -0.2) is 15.0 Å². The summed E-state index contributed by atoms with van der Waals surface area (Å²) in [5.74, 6) is 0.547. The van der Waals surface area contributed by atoms with E-state index in [1.165, 1.54) is 23.7 Å². The number of anilines is 1. The minimum Gasteiger partial charge on any atom is -0.360 e. The van der Waals surface area contributed by atoms with E-state index in [-0.39, 0.29) is 11.6 Å². The molecule has 2 aromatic carbocycles. The number of rotatable bonds is 5. The lowest BCUT2D eigenvalue weighted by Crippen LogP contribution is -2.26. The summed E-state index contributed by atoms with van der Waals surface area (Å²) >= 11 is 1.41. The van der Waals surface area contributed by atoms with Crippen molar-refractivity contribution >= 4 is 38.3 Å². The third-order valence-electron chi connectivity index (χ3n) is 6.39. The number of hydrogen-bond acceptors (Lipinski definition) is 7. The Morgan fingerprint density at radius 1 is 0.949 bits per heavy atom. The number of fused-ring (bicyclic) bond motifs is 2. The van der Waals surface area contributed by atoms with Gasteiger partial charge in [-0.2, -0.15) is 13.2 Å².